The van der Waals surface area contributed by atoms with Gasteiger partial charge in [0, 0.05) is 12.8 Å². The summed E-state index contributed by atoms with van der Waals surface area (Å²) >= 11 is 0. The number of nitrogens with zero attached hydrogens (tertiary/aromatic N) is 1. The maximum absolute atomic E-state index is 12.9. The number of hydrogen-bond donors (Lipinski definition) is 1. The van der Waals surface area contributed by atoms with E-state index >= 15 is 0 Å². The van der Waals surface area contributed by atoms with Gasteiger partial charge in [0.15, 0.2) is 6.10 Å². The van der Waals surface area contributed by atoms with Crippen LogP contribution in [0.1, 0.15) is 232 Å². The molecule has 0 heterocycles. The van der Waals surface area contributed by atoms with Gasteiger partial charge in [-0.1, -0.05) is 250 Å². The van der Waals surface area contributed by atoms with Crippen molar-refractivity contribution in [2.24, 2.45) is 0 Å². The number of unbranched alkanes of at least 4 members (excludes halogenated alkanes) is 18. The summed E-state index contributed by atoms with van der Waals surface area (Å²) in [6, 6.07) is 0. The fraction of sp³-hybridized carbons (Fsp3) is 0.629. The van der Waals surface area contributed by atoms with Crippen LogP contribution in [-0.4, -0.2) is 74.9 Å². The van der Waals surface area contributed by atoms with Gasteiger partial charge < -0.3 is 18.9 Å². The summed E-state index contributed by atoms with van der Waals surface area (Å²) in [5.74, 6) is -0.820. The highest BCUT2D eigenvalue weighted by atomic mass is 31.2. The van der Waals surface area contributed by atoms with E-state index in [0.717, 1.165) is 135 Å². The first-order chi connectivity index (χ1) is 39.0. The van der Waals surface area contributed by atoms with Crippen molar-refractivity contribution in [3.05, 3.63) is 146 Å². The smallest absolute Gasteiger partial charge is 0.462 e. The van der Waals surface area contributed by atoms with Crippen molar-refractivity contribution in [1.29, 1.82) is 0 Å². The Kier molecular flexibility index (Phi) is 56.5. The Morgan fingerprint density at radius 2 is 0.675 bits per heavy atom. The van der Waals surface area contributed by atoms with Gasteiger partial charge in [0.2, 0.25) is 0 Å². The fourth-order valence-corrected chi connectivity index (χ4v) is 8.82. The van der Waals surface area contributed by atoms with Crippen LogP contribution in [-0.2, 0) is 32.7 Å². The second-order valence-corrected chi connectivity index (χ2v) is 23.1. The first-order valence-electron chi connectivity index (χ1n) is 31.6. The first kappa shape index (κ1) is 75.9. The predicted molar refractivity (Wildman–Crippen MR) is 343 cm³/mol. The summed E-state index contributed by atoms with van der Waals surface area (Å²) in [6.45, 7) is 4.18. The van der Waals surface area contributed by atoms with Crippen molar-refractivity contribution < 1.29 is 42.1 Å². The molecule has 0 aromatic rings. The molecular formula is C70H117NO8P+. The molecule has 0 aliphatic rings. The van der Waals surface area contributed by atoms with E-state index in [2.05, 4.69) is 160 Å². The highest BCUT2D eigenvalue weighted by Crippen LogP contribution is 2.43. The van der Waals surface area contributed by atoms with Gasteiger partial charge >= 0.3 is 19.8 Å². The molecule has 0 fully saturated rings. The van der Waals surface area contributed by atoms with Crippen molar-refractivity contribution in [2.45, 2.75) is 238 Å². The first-order valence-corrected chi connectivity index (χ1v) is 33.1. The number of likely N-dealkylation sites (N-methyl/N-ethyl adjacent to an activating group) is 1. The molecule has 9 nitrogen and oxygen atoms in total. The van der Waals surface area contributed by atoms with Gasteiger partial charge in [-0.05, 0) is 116 Å². The molecule has 0 saturated heterocycles. The quantitative estimate of drug-likeness (QED) is 0.0211. The van der Waals surface area contributed by atoms with Crippen molar-refractivity contribution in [3.63, 3.8) is 0 Å². The lowest BCUT2D eigenvalue weighted by molar-refractivity contribution is -0.870. The van der Waals surface area contributed by atoms with E-state index in [1.54, 1.807) is 0 Å². The zero-order chi connectivity index (χ0) is 58.4. The third kappa shape index (κ3) is 63.1. The number of carbonyl (C=O) groups is 2. The van der Waals surface area contributed by atoms with Crippen molar-refractivity contribution in [2.75, 3.05) is 47.5 Å². The minimum Gasteiger partial charge on any atom is -0.462 e. The summed E-state index contributed by atoms with van der Waals surface area (Å²) in [4.78, 5) is 35.8. The second-order valence-electron chi connectivity index (χ2n) is 21.7. The van der Waals surface area contributed by atoms with Crippen LogP contribution >= 0.6 is 7.82 Å². The highest BCUT2D eigenvalue weighted by Gasteiger charge is 2.27. The van der Waals surface area contributed by atoms with Gasteiger partial charge in [-0.25, -0.2) is 4.57 Å². The van der Waals surface area contributed by atoms with Gasteiger partial charge in [-0.2, -0.15) is 0 Å². The van der Waals surface area contributed by atoms with Crippen LogP contribution in [0.2, 0.25) is 0 Å². The van der Waals surface area contributed by atoms with E-state index in [4.69, 9.17) is 18.5 Å². The molecule has 0 aromatic heterocycles. The van der Waals surface area contributed by atoms with Crippen LogP contribution in [0.5, 0.6) is 0 Å². The maximum atomic E-state index is 12.9. The summed E-state index contributed by atoms with van der Waals surface area (Å²) in [6.07, 6.45) is 87.7. The minimum absolute atomic E-state index is 0.0214. The summed E-state index contributed by atoms with van der Waals surface area (Å²) < 4.78 is 34.6. The van der Waals surface area contributed by atoms with E-state index in [-0.39, 0.29) is 32.0 Å². The van der Waals surface area contributed by atoms with Gasteiger partial charge in [0.25, 0.3) is 0 Å². The molecule has 0 aliphatic carbocycles. The lowest BCUT2D eigenvalue weighted by Crippen LogP contribution is -2.37. The molecule has 454 valence electrons. The van der Waals surface area contributed by atoms with Crippen LogP contribution in [0.15, 0.2) is 146 Å². The summed E-state index contributed by atoms with van der Waals surface area (Å²) in [5.41, 5.74) is 0. The molecule has 10 heteroatoms. The van der Waals surface area contributed by atoms with E-state index in [9.17, 15) is 19.0 Å². The lowest BCUT2D eigenvalue weighted by Gasteiger charge is -2.24. The number of ether oxygens (including phenoxy) is 2. The largest absolute Gasteiger partial charge is 0.472 e. The van der Waals surface area contributed by atoms with Crippen LogP contribution in [0.4, 0.5) is 0 Å². The van der Waals surface area contributed by atoms with E-state index in [1.165, 1.54) is 64.2 Å². The topological polar surface area (TPSA) is 108 Å². The molecule has 2 atom stereocenters. The molecule has 0 bridgehead atoms. The van der Waals surface area contributed by atoms with Gasteiger partial charge in [-0.15, -0.1) is 0 Å². The maximum Gasteiger partial charge on any atom is 0.472 e. The molecule has 0 rings (SSSR count). The third-order valence-electron chi connectivity index (χ3n) is 12.9. The molecular weight excluding hydrogens is 1010 g/mol. The van der Waals surface area contributed by atoms with Crippen LogP contribution < -0.4 is 0 Å². The molecule has 2 unspecified atom stereocenters. The number of esters is 2. The standard InChI is InChI=1S/C70H116NO8P/c1-6-8-10-12-14-16-18-20-22-24-26-28-30-31-32-33-34-35-36-37-38-39-41-43-45-47-49-51-53-55-57-59-61-63-70(73)79-68(67-78-80(74,75)77-65-64-71(3,4)5)66-76-69(72)62-60-58-56-54-52-50-48-46-44-42-40-29-27-25-23-21-19-17-15-13-11-9-7-2/h8-11,14-17,20-23,26-29,31-32,34-35,37-38,41,43,68H,6-7,12-13,18-19,24-25,30,33,36,39-40,42,44-67H2,1-5H3/p+1/b10-8-,11-9-,16-14-,17-15-,22-20-,23-21-,28-26-,29-27-,32-31-,35-34-,38-37-,43-41-. The Bertz CT molecular complexity index is 1860. The monoisotopic (exact) mass is 1130 g/mol. The molecule has 1 N–H and O–H groups in total. The number of rotatable bonds is 56. The predicted octanol–water partition coefficient (Wildman–Crippen LogP) is 20.3. The number of phosphoric acid groups is 1. The minimum atomic E-state index is -4.40. The number of hydrogen-bond acceptors (Lipinski definition) is 7. The Labute approximate surface area is 491 Å². The average molecular weight is 1130 g/mol. The Morgan fingerprint density at radius 1 is 0.388 bits per heavy atom. The number of phosphoric ester groups is 1. The zero-order valence-electron chi connectivity index (χ0n) is 51.5. The van der Waals surface area contributed by atoms with Crippen LogP contribution in [0.3, 0.4) is 0 Å². The highest BCUT2D eigenvalue weighted by molar-refractivity contribution is 7.47. The Balaban J connectivity index is 4.19. The lowest BCUT2D eigenvalue weighted by atomic mass is 10.1. The zero-order valence-corrected chi connectivity index (χ0v) is 52.4. The number of quaternary nitrogens is 1. The van der Waals surface area contributed by atoms with E-state index in [1.807, 2.05) is 21.1 Å². The molecule has 0 amide bonds. The Hall–Kier alpha value is -4.11. The van der Waals surface area contributed by atoms with Crippen LogP contribution in [0, 0.1) is 0 Å². The molecule has 0 aromatic carbocycles. The molecule has 80 heavy (non-hydrogen) atoms. The summed E-state index contributed by atoms with van der Waals surface area (Å²) in [7, 11) is 1.45. The number of allylic oxidation sites excluding steroid dienone is 24. The second kappa shape index (κ2) is 59.5. The number of carbonyl (C=O) groups excluding carboxylic acids is 2. The van der Waals surface area contributed by atoms with Gasteiger partial charge in [0.05, 0.1) is 27.7 Å². The molecule has 0 radical (unpaired) electrons. The summed E-state index contributed by atoms with van der Waals surface area (Å²) in [5, 5.41) is 0. The van der Waals surface area contributed by atoms with Gasteiger partial charge in [0.1, 0.15) is 19.8 Å². The average Bonchev–Trinajstić information content (AvgIpc) is 3.42. The molecule has 0 saturated carbocycles. The van der Waals surface area contributed by atoms with Crippen molar-refractivity contribution >= 4 is 19.8 Å². The van der Waals surface area contributed by atoms with Crippen LogP contribution in [0.25, 0.3) is 0 Å². The van der Waals surface area contributed by atoms with Crippen molar-refractivity contribution in [3.8, 4) is 0 Å². The van der Waals surface area contributed by atoms with E-state index < -0.39 is 26.5 Å². The van der Waals surface area contributed by atoms with Crippen molar-refractivity contribution in [1.82, 2.24) is 0 Å². The van der Waals surface area contributed by atoms with E-state index in [0.29, 0.717) is 17.4 Å². The fourth-order valence-electron chi connectivity index (χ4n) is 8.08. The Morgan fingerprint density at radius 3 is 1.00 bits per heavy atom. The van der Waals surface area contributed by atoms with Gasteiger partial charge in [-0.3, -0.25) is 18.6 Å². The third-order valence-corrected chi connectivity index (χ3v) is 13.8. The normalized spacial score (nSPS) is 14.2. The molecule has 0 spiro atoms. The molecule has 0 aliphatic heterocycles. The SMILES string of the molecule is CC/C=C\C/C=C\C/C=C\C/C=C\C/C=C\C/C=C\C/C=C\C/C=C\CCCCCCCCCCC(=O)OC(COC(=O)CCCCCCCCCCCC/C=C\C/C=C\C/C=C\C/C=C\CC)COP(=O)(O)OCC[N+](C)(C)C.